The topological polar surface area (TPSA) is 26.9 Å². The van der Waals surface area contributed by atoms with E-state index in [1.54, 1.807) is 0 Å². The molecule has 4 heterocycles. The van der Waals surface area contributed by atoms with E-state index in [-0.39, 0.29) is 21.7 Å². The zero-order valence-corrected chi connectivity index (χ0v) is 42.5. The summed E-state index contributed by atoms with van der Waals surface area (Å²) >= 11 is 0. The van der Waals surface area contributed by atoms with Crippen molar-refractivity contribution >= 4 is 52.7 Å². The summed E-state index contributed by atoms with van der Waals surface area (Å²) in [5.74, 6) is 0. The number of rotatable bonds is 2. The molecule has 0 amide bonds. The molecular formula is C64H62N2OS. The molecule has 0 N–H and O–H groups in total. The van der Waals surface area contributed by atoms with Crippen LogP contribution >= 0.6 is 0 Å². The minimum absolute atomic E-state index is 0.0371. The molecule has 10 aromatic rings. The molecule has 0 saturated carbocycles. The van der Waals surface area contributed by atoms with Crippen LogP contribution < -0.4 is 0 Å². The van der Waals surface area contributed by atoms with Crippen molar-refractivity contribution in [3.05, 3.63) is 180 Å². The van der Waals surface area contributed by atoms with E-state index in [1.165, 1.54) is 43.8 Å². The molecular weight excluding hydrogens is 845 g/mol. The SMILES string of the molecule is CC(C)(C)c1ccc2c(c1)c1cc(C(C)(C)C)ccc1n2-c1cccc2c1-c1c(-n3c4ccc(C(C)(C)C)cc4c4cc(C(C)(C)C)ccc43)cccc1S21(=O)c2ccccc2-c2ccccc21. The highest BCUT2D eigenvalue weighted by Gasteiger charge is 2.58. The van der Waals surface area contributed by atoms with Gasteiger partial charge in [0.05, 0.1) is 33.4 Å². The summed E-state index contributed by atoms with van der Waals surface area (Å²) in [6, 6.07) is 58.5. The van der Waals surface area contributed by atoms with E-state index in [9.17, 15) is 0 Å². The molecule has 68 heavy (non-hydrogen) atoms. The van der Waals surface area contributed by atoms with E-state index in [4.69, 9.17) is 0 Å². The van der Waals surface area contributed by atoms with Crippen molar-refractivity contribution in [3.63, 3.8) is 0 Å². The molecule has 2 aromatic heterocycles. The second-order valence-corrected chi connectivity index (χ2v) is 27.5. The molecule has 2 aliphatic rings. The van der Waals surface area contributed by atoms with Gasteiger partial charge in [0.15, 0.2) is 0 Å². The maximum Gasteiger partial charge on any atom is 0.0553 e. The molecule has 4 heteroatoms. The summed E-state index contributed by atoms with van der Waals surface area (Å²) in [7, 11) is -4.27. The Morgan fingerprint density at radius 3 is 0.897 bits per heavy atom. The Kier molecular flexibility index (Phi) is 8.57. The molecule has 0 aliphatic carbocycles. The van der Waals surface area contributed by atoms with Crippen molar-refractivity contribution in [3.8, 4) is 33.6 Å². The maximum atomic E-state index is 18.4. The normalized spacial score (nSPS) is 15.7. The zero-order chi connectivity index (χ0) is 47.7. The number of nitrogens with zero attached hydrogens (tertiary/aromatic N) is 2. The number of benzene rings is 8. The van der Waals surface area contributed by atoms with Gasteiger partial charge in [-0.2, -0.15) is 0 Å². The van der Waals surface area contributed by atoms with Crippen molar-refractivity contribution in [2.75, 3.05) is 0 Å². The lowest BCUT2D eigenvalue weighted by atomic mass is 9.85. The number of hydrogen-bond acceptors (Lipinski definition) is 1. The predicted octanol–water partition coefficient (Wildman–Crippen LogP) is 17.4. The minimum Gasteiger partial charge on any atom is -0.309 e. The summed E-state index contributed by atoms with van der Waals surface area (Å²) in [5.41, 5.74) is 15.8. The van der Waals surface area contributed by atoms with Crippen LogP contribution in [0.5, 0.6) is 0 Å². The lowest BCUT2D eigenvalue weighted by molar-refractivity contribution is 0.590. The number of aromatic nitrogens is 2. The average molecular weight is 907 g/mol. The first-order valence-corrected chi connectivity index (χ1v) is 26.4. The Morgan fingerprint density at radius 1 is 0.324 bits per heavy atom. The lowest BCUT2D eigenvalue weighted by Crippen LogP contribution is -2.30. The summed E-state index contributed by atoms with van der Waals surface area (Å²) in [5, 5.41) is 4.91. The number of fused-ring (bicyclic) bond motifs is 16. The van der Waals surface area contributed by atoms with Crippen LogP contribution in [0.3, 0.4) is 0 Å². The van der Waals surface area contributed by atoms with Crippen LogP contribution in [0.2, 0.25) is 0 Å². The van der Waals surface area contributed by atoms with Crippen LogP contribution in [-0.2, 0) is 30.7 Å². The first-order valence-electron chi connectivity index (χ1n) is 24.4. The van der Waals surface area contributed by atoms with Gasteiger partial charge in [0.2, 0.25) is 0 Å². The van der Waals surface area contributed by atoms with Gasteiger partial charge in [-0.15, -0.1) is 0 Å². The second-order valence-electron chi connectivity index (χ2n) is 23.8. The summed E-state index contributed by atoms with van der Waals surface area (Å²) < 4.78 is 23.3. The van der Waals surface area contributed by atoms with Crippen molar-refractivity contribution in [1.82, 2.24) is 9.13 Å². The third-order valence-electron chi connectivity index (χ3n) is 15.5. The van der Waals surface area contributed by atoms with Crippen LogP contribution in [0.1, 0.15) is 105 Å². The summed E-state index contributed by atoms with van der Waals surface area (Å²) in [6.45, 7) is 27.6. The van der Waals surface area contributed by atoms with E-state index in [0.29, 0.717) is 0 Å². The van der Waals surface area contributed by atoms with Crippen LogP contribution in [-0.4, -0.2) is 13.3 Å². The first kappa shape index (κ1) is 42.8. The van der Waals surface area contributed by atoms with Crippen molar-refractivity contribution < 1.29 is 4.21 Å². The van der Waals surface area contributed by atoms with Crippen LogP contribution in [0.25, 0.3) is 77.2 Å². The molecule has 0 fully saturated rings. The van der Waals surface area contributed by atoms with Gasteiger partial charge in [-0.25, -0.2) is 0 Å². The van der Waals surface area contributed by atoms with E-state index < -0.39 is 9.07 Å². The molecule has 0 radical (unpaired) electrons. The Labute approximate surface area is 401 Å². The van der Waals surface area contributed by atoms with Gasteiger partial charge in [-0.05, 0) is 140 Å². The Morgan fingerprint density at radius 2 is 0.603 bits per heavy atom. The van der Waals surface area contributed by atoms with Crippen LogP contribution in [0.4, 0.5) is 0 Å². The maximum absolute atomic E-state index is 18.4. The third-order valence-corrected chi connectivity index (χ3v) is 20.2. The molecule has 2 aliphatic heterocycles. The van der Waals surface area contributed by atoms with E-state index >= 15 is 4.21 Å². The smallest absolute Gasteiger partial charge is 0.0553 e. The summed E-state index contributed by atoms with van der Waals surface area (Å²) in [4.78, 5) is 3.52. The Hall–Kier alpha value is -6.49. The molecule has 0 atom stereocenters. The monoisotopic (exact) mass is 906 g/mol. The average Bonchev–Trinajstić information content (AvgIpc) is 3.96. The van der Waals surface area contributed by atoms with Crippen LogP contribution in [0, 0.1) is 0 Å². The van der Waals surface area contributed by atoms with Crippen molar-refractivity contribution in [2.45, 2.75) is 124 Å². The van der Waals surface area contributed by atoms with Gasteiger partial charge >= 0.3 is 0 Å². The van der Waals surface area contributed by atoms with Gasteiger partial charge in [0.1, 0.15) is 0 Å². The largest absolute Gasteiger partial charge is 0.309 e. The molecule has 8 aromatic carbocycles. The van der Waals surface area contributed by atoms with E-state index in [1.807, 2.05) is 0 Å². The molecule has 3 nitrogen and oxygen atoms in total. The minimum atomic E-state index is -4.27. The van der Waals surface area contributed by atoms with E-state index in [0.717, 1.165) is 75.3 Å². The fourth-order valence-electron chi connectivity index (χ4n) is 11.8. The summed E-state index contributed by atoms with van der Waals surface area (Å²) in [6.07, 6.45) is 0. The number of hydrogen-bond donors (Lipinski definition) is 0. The molecule has 0 unspecified atom stereocenters. The third kappa shape index (κ3) is 5.55. The van der Waals surface area contributed by atoms with E-state index in [2.05, 4.69) is 250 Å². The molecule has 1 spiro atoms. The Bertz CT molecular complexity index is 3500. The molecule has 12 rings (SSSR count). The highest BCUT2D eigenvalue weighted by atomic mass is 32.3. The Balaban J connectivity index is 1.28. The highest BCUT2D eigenvalue weighted by molar-refractivity contribution is 8.21. The molecule has 0 saturated heterocycles. The zero-order valence-electron chi connectivity index (χ0n) is 41.7. The fourth-order valence-corrected chi connectivity index (χ4v) is 16.9. The first-order chi connectivity index (χ1) is 32.1. The quantitative estimate of drug-likeness (QED) is 0.170. The standard InChI is InChI=1S/C64H62N2OS/c1-61(2,3)39-27-31-49-45(35-39)46-36-40(62(4,5)6)28-32-50(46)65(49)53-21-17-25-57-59(53)60-54(22-18-26-58(60)68(57,67)55-23-15-13-19-43(55)44-20-14-16-24-56(44)68)66-51-33-29-41(63(7,8)9)37-47(51)48-38-42(64(10,11)12)30-34-52(48)66/h13-38H,1-12H3. The van der Waals surface area contributed by atoms with Gasteiger partial charge in [-0.3, -0.25) is 4.21 Å². The fraction of sp³-hybridized carbons (Fsp3) is 0.250. The lowest BCUT2D eigenvalue weighted by Gasteiger charge is -2.38. The highest BCUT2D eigenvalue weighted by Crippen LogP contribution is 2.72. The second kappa shape index (κ2) is 13.6. The molecule has 0 bridgehead atoms. The molecule has 340 valence electrons. The van der Waals surface area contributed by atoms with Gasteiger partial charge < -0.3 is 9.13 Å². The van der Waals surface area contributed by atoms with Crippen LogP contribution in [0.15, 0.2) is 177 Å². The predicted molar refractivity (Wildman–Crippen MR) is 288 cm³/mol. The van der Waals surface area contributed by atoms with Gasteiger partial charge in [0.25, 0.3) is 0 Å². The van der Waals surface area contributed by atoms with Crippen molar-refractivity contribution in [1.29, 1.82) is 0 Å². The van der Waals surface area contributed by atoms with Gasteiger partial charge in [0, 0.05) is 61.3 Å². The van der Waals surface area contributed by atoms with Gasteiger partial charge in [-0.1, -0.05) is 156 Å². The van der Waals surface area contributed by atoms with Crippen molar-refractivity contribution in [2.24, 2.45) is 0 Å².